The molecule has 26 heavy (non-hydrogen) atoms. The summed E-state index contributed by atoms with van der Waals surface area (Å²) in [7, 11) is -3.24. The highest BCUT2D eigenvalue weighted by atomic mass is 32.2. The second kappa shape index (κ2) is 7.28. The van der Waals surface area contributed by atoms with Crippen molar-refractivity contribution in [2.75, 3.05) is 32.8 Å². The van der Waals surface area contributed by atoms with Gasteiger partial charge < -0.3 is 15.0 Å². The van der Waals surface area contributed by atoms with Gasteiger partial charge in [0.05, 0.1) is 5.25 Å². The van der Waals surface area contributed by atoms with Crippen molar-refractivity contribution in [1.29, 1.82) is 0 Å². The van der Waals surface area contributed by atoms with Crippen LogP contribution in [0.2, 0.25) is 0 Å². The second-order valence-electron chi connectivity index (χ2n) is 8.31. The predicted octanol–water partition coefficient (Wildman–Crippen LogP) is 1.69. The number of hydrogen-bond donors (Lipinski definition) is 1. The lowest BCUT2D eigenvalue weighted by Gasteiger charge is -2.46. The molecular formula is C18H31N3O4S. The summed E-state index contributed by atoms with van der Waals surface area (Å²) in [6.07, 6.45) is 8.35. The molecule has 0 unspecified atom stereocenters. The van der Waals surface area contributed by atoms with Crippen LogP contribution >= 0.6 is 0 Å². The first kappa shape index (κ1) is 18.5. The first-order valence-electron chi connectivity index (χ1n) is 10.2. The second-order valence-corrected chi connectivity index (χ2v) is 10.5. The van der Waals surface area contributed by atoms with Crippen LogP contribution in [0.4, 0.5) is 4.79 Å². The number of carbonyl (C=O) groups excluding carboxylic acids is 1. The van der Waals surface area contributed by atoms with Gasteiger partial charge in [-0.2, -0.15) is 0 Å². The van der Waals surface area contributed by atoms with E-state index in [-0.39, 0.29) is 22.9 Å². The molecule has 2 amide bonds. The van der Waals surface area contributed by atoms with E-state index in [2.05, 4.69) is 10.2 Å². The Hall–Kier alpha value is -0.860. The Morgan fingerprint density at radius 2 is 1.62 bits per heavy atom. The summed E-state index contributed by atoms with van der Waals surface area (Å²) in [5.41, 5.74) is 0.136. The lowest BCUT2D eigenvalue weighted by molar-refractivity contribution is 0.0783. The number of urea groups is 1. The number of likely N-dealkylation sites (tertiary alicyclic amines) is 1. The Balaban J connectivity index is 1.29. The van der Waals surface area contributed by atoms with Crippen molar-refractivity contribution in [3.63, 3.8) is 0 Å². The van der Waals surface area contributed by atoms with Crippen molar-refractivity contribution in [2.45, 2.75) is 74.6 Å². The SMILES string of the molecule is O=C(NC1CCN(S(=O)(=O)C2CCOCC2)CC1)N1CCCC12CCC2. The molecule has 3 saturated heterocycles. The van der Waals surface area contributed by atoms with E-state index < -0.39 is 10.0 Å². The monoisotopic (exact) mass is 385 g/mol. The highest BCUT2D eigenvalue weighted by Gasteiger charge is 2.48. The molecule has 8 heteroatoms. The van der Waals surface area contributed by atoms with E-state index in [0.29, 0.717) is 52.0 Å². The van der Waals surface area contributed by atoms with Crippen molar-refractivity contribution in [1.82, 2.24) is 14.5 Å². The summed E-state index contributed by atoms with van der Waals surface area (Å²) in [5, 5.41) is 2.88. The van der Waals surface area contributed by atoms with Gasteiger partial charge in [0.15, 0.2) is 0 Å². The molecule has 0 atom stereocenters. The van der Waals surface area contributed by atoms with Crippen LogP contribution in [0.15, 0.2) is 0 Å². The standard InChI is InChI=1S/C18H31N3O4S/c22-17(21-10-2-9-18(21)7-1-8-18)19-15-3-11-20(12-4-15)26(23,24)16-5-13-25-14-6-16/h15-16H,1-14H2,(H,19,22). The maximum atomic E-state index is 12.8. The molecule has 4 aliphatic rings. The number of amides is 2. The number of hydrogen-bond acceptors (Lipinski definition) is 4. The average molecular weight is 386 g/mol. The quantitative estimate of drug-likeness (QED) is 0.802. The third kappa shape index (κ3) is 3.36. The lowest BCUT2D eigenvalue weighted by atomic mass is 9.75. The number of carbonyl (C=O) groups is 1. The molecule has 1 N–H and O–H groups in total. The normalized spacial score (nSPS) is 28.2. The largest absolute Gasteiger partial charge is 0.381 e. The highest BCUT2D eigenvalue weighted by molar-refractivity contribution is 7.89. The molecule has 0 aromatic rings. The first-order chi connectivity index (χ1) is 12.5. The van der Waals surface area contributed by atoms with E-state index >= 15 is 0 Å². The minimum atomic E-state index is -3.24. The summed E-state index contributed by atoms with van der Waals surface area (Å²) < 4.78 is 32.5. The maximum absolute atomic E-state index is 12.8. The Bertz CT molecular complexity index is 620. The number of ether oxygens (including phenoxy) is 1. The average Bonchev–Trinajstić information content (AvgIpc) is 3.09. The smallest absolute Gasteiger partial charge is 0.318 e. The van der Waals surface area contributed by atoms with E-state index in [9.17, 15) is 13.2 Å². The van der Waals surface area contributed by atoms with Crippen LogP contribution in [0.3, 0.4) is 0 Å². The van der Waals surface area contributed by atoms with Crippen molar-refractivity contribution in [3.8, 4) is 0 Å². The fourth-order valence-corrected chi connectivity index (χ4v) is 6.98. The molecule has 0 bridgehead atoms. The molecule has 1 spiro atoms. The van der Waals surface area contributed by atoms with Gasteiger partial charge in [-0.3, -0.25) is 0 Å². The lowest BCUT2D eigenvalue weighted by Crippen LogP contribution is -2.58. The van der Waals surface area contributed by atoms with Crippen molar-refractivity contribution in [3.05, 3.63) is 0 Å². The highest BCUT2D eigenvalue weighted by Crippen LogP contribution is 2.45. The van der Waals surface area contributed by atoms with Crippen LogP contribution < -0.4 is 5.32 Å². The molecule has 4 fully saturated rings. The van der Waals surface area contributed by atoms with Crippen LogP contribution in [0.5, 0.6) is 0 Å². The van der Waals surface area contributed by atoms with Gasteiger partial charge in [-0.25, -0.2) is 17.5 Å². The van der Waals surface area contributed by atoms with Crippen molar-refractivity contribution >= 4 is 16.1 Å². The molecule has 0 aromatic carbocycles. The Kier molecular flexibility index (Phi) is 5.18. The minimum Gasteiger partial charge on any atom is -0.381 e. The molecule has 3 heterocycles. The van der Waals surface area contributed by atoms with Crippen LogP contribution in [-0.4, -0.2) is 73.3 Å². The maximum Gasteiger partial charge on any atom is 0.318 e. The summed E-state index contributed by atoms with van der Waals surface area (Å²) in [6.45, 7) is 2.95. The van der Waals surface area contributed by atoms with Gasteiger partial charge in [-0.1, -0.05) is 0 Å². The number of piperidine rings is 1. The molecule has 7 nitrogen and oxygen atoms in total. The Morgan fingerprint density at radius 1 is 0.962 bits per heavy atom. The van der Waals surface area contributed by atoms with Gasteiger partial charge in [-0.15, -0.1) is 0 Å². The van der Waals surface area contributed by atoms with Gasteiger partial charge in [0, 0.05) is 44.4 Å². The molecule has 1 aliphatic carbocycles. The minimum absolute atomic E-state index is 0.0629. The van der Waals surface area contributed by atoms with Crippen LogP contribution in [0, 0.1) is 0 Å². The van der Waals surface area contributed by atoms with Crippen LogP contribution in [-0.2, 0) is 14.8 Å². The predicted molar refractivity (Wildman–Crippen MR) is 98.4 cm³/mol. The molecule has 0 aromatic heterocycles. The molecule has 1 saturated carbocycles. The third-order valence-corrected chi connectivity index (χ3v) is 9.26. The number of sulfonamides is 1. The van der Waals surface area contributed by atoms with Gasteiger partial charge in [0.25, 0.3) is 0 Å². The van der Waals surface area contributed by atoms with E-state index in [0.717, 1.165) is 32.2 Å². The zero-order valence-corrected chi connectivity index (χ0v) is 16.3. The zero-order chi connectivity index (χ0) is 18.2. The summed E-state index contributed by atoms with van der Waals surface area (Å²) in [4.78, 5) is 14.8. The van der Waals surface area contributed by atoms with E-state index in [1.165, 1.54) is 6.42 Å². The van der Waals surface area contributed by atoms with Crippen LogP contribution in [0.1, 0.15) is 57.8 Å². The molecule has 3 aliphatic heterocycles. The Morgan fingerprint density at radius 3 is 2.23 bits per heavy atom. The number of nitrogens with one attached hydrogen (secondary N) is 1. The first-order valence-corrected chi connectivity index (χ1v) is 11.7. The number of rotatable bonds is 3. The fourth-order valence-electron chi connectivity index (χ4n) is 5.05. The van der Waals surface area contributed by atoms with E-state index in [1.54, 1.807) is 4.31 Å². The van der Waals surface area contributed by atoms with Crippen molar-refractivity contribution < 1.29 is 17.9 Å². The van der Waals surface area contributed by atoms with Gasteiger partial charge >= 0.3 is 6.03 Å². The zero-order valence-electron chi connectivity index (χ0n) is 15.5. The summed E-state index contributed by atoms with van der Waals surface area (Å²) in [5.74, 6) is 0. The van der Waals surface area contributed by atoms with E-state index in [4.69, 9.17) is 4.74 Å². The molecule has 4 rings (SSSR count). The van der Waals surface area contributed by atoms with Gasteiger partial charge in [-0.05, 0) is 57.8 Å². The Labute approximate surface area is 156 Å². The molecule has 148 valence electrons. The molecule has 0 radical (unpaired) electrons. The van der Waals surface area contributed by atoms with E-state index in [1.807, 2.05) is 0 Å². The third-order valence-electron chi connectivity index (χ3n) is 6.86. The van der Waals surface area contributed by atoms with Crippen LogP contribution in [0.25, 0.3) is 0 Å². The summed E-state index contributed by atoms with van der Waals surface area (Å²) >= 11 is 0. The van der Waals surface area contributed by atoms with Crippen molar-refractivity contribution in [2.24, 2.45) is 0 Å². The fraction of sp³-hybridized carbons (Fsp3) is 0.944. The summed E-state index contributed by atoms with van der Waals surface area (Å²) in [6, 6.07) is 0.148. The topological polar surface area (TPSA) is 79.0 Å². The molecular weight excluding hydrogens is 354 g/mol. The number of nitrogens with zero attached hydrogens (tertiary/aromatic N) is 2. The van der Waals surface area contributed by atoms with Gasteiger partial charge in [0.2, 0.25) is 10.0 Å². The van der Waals surface area contributed by atoms with Gasteiger partial charge in [0.1, 0.15) is 0 Å².